The predicted octanol–water partition coefficient (Wildman–Crippen LogP) is 5.74. The van der Waals surface area contributed by atoms with Gasteiger partial charge in [-0.05, 0) is 64.0 Å². The van der Waals surface area contributed by atoms with Crippen LogP contribution in [0, 0.1) is 5.92 Å². The third-order valence-corrected chi connectivity index (χ3v) is 5.19. The van der Waals surface area contributed by atoms with E-state index >= 15 is 0 Å². The standard InChI is InChI=1S/C21H30O2/c1-5-6-7-8-15-12-18(22)20-16-11-14(2)9-10-17(16)21(3,4)23-19(20)13-15/h11-13,16-17,22H,5-10H2,1-4H3/t16-,17-/m1/s1/i2D3,12D,13D. The van der Waals surface area contributed by atoms with Crippen LogP contribution in [-0.2, 0) is 6.42 Å². The highest BCUT2D eigenvalue weighted by atomic mass is 16.5. The minimum atomic E-state index is -2.17. The number of aromatic hydroxyl groups is 1. The zero-order valence-corrected chi connectivity index (χ0v) is 14.3. The van der Waals surface area contributed by atoms with Gasteiger partial charge in [-0.3, -0.25) is 0 Å². The van der Waals surface area contributed by atoms with E-state index in [9.17, 15) is 5.11 Å². The fourth-order valence-corrected chi connectivity index (χ4v) is 3.93. The van der Waals surface area contributed by atoms with Gasteiger partial charge in [-0.15, -0.1) is 0 Å². The SMILES string of the molecule is [2H]c1c(O)c2c(c([2H])c1CCCCC)OC(C)(C)[C@@H]1CCC(C([2H])([2H])[2H])=C[C@@H]21. The third kappa shape index (κ3) is 3.13. The van der Waals surface area contributed by atoms with Crippen molar-refractivity contribution in [1.29, 1.82) is 0 Å². The molecule has 126 valence electrons. The second-order valence-corrected chi connectivity index (χ2v) is 7.35. The summed E-state index contributed by atoms with van der Waals surface area (Å²) in [5.74, 6) is -0.220. The maximum atomic E-state index is 10.9. The number of allylic oxidation sites excluding steroid dienone is 2. The van der Waals surface area contributed by atoms with E-state index in [-0.39, 0.29) is 29.7 Å². The summed E-state index contributed by atoms with van der Waals surface area (Å²) in [6.45, 7) is 3.85. The molecule has 2 atom stereocenters. The largest absolute Gasteiger partial charge is 0.507 e. The van der Waals surface area contributed by atoms with Crippen molar-refractivity contribution in [2.45, 2.75) is 77.7 Å². The Morgan fingerprint density at radius 2 is 2.22 bits per heavy atom. The van der Waals surface area contributed by atoms with Crippen LogP contribution in [0.1, 0.15) is 83.6 Å². The Morgan fingerprint density at radius 1 is 1.39 bits per heavy atom. The second kappa shape index (κ2) is 6.22. The molecular weight excluding hydrogens is 284 g/mol. The van der Waals surface area contributed by atoms with Crippen molar-refractivity contribution >= 4 is 0 Å². The highest BCUT2D eigenvalue weighted by molar-refractivity contribution is 5.53. The summed E-state index contributed by atoms with van der Waals surface area (Å²) in [7, 11) is 0. The Kier molecular flexibility index (Phi) is 3.02. The molecule has 1 N–H and O–H groups in total. The molecule has 0 saturated carbocycles. The number of rotatable bonds is 4. The molecule has 2 heteroatoms. The molecule has 0 fully saturated rings. The number of phenolic OH excluding ortho intramolecular Hbond substituents is 1. The van der Waals surface area contributed by atoms with Crippen LogP contribution in [-0.4, -0.2) is 10.7 Å². The number of unbranched alkanes of at least 4 members (excludes halogenated alkanes) is 2. The van der Waals surface area contributed by atoms with E-state index < -0.39 is 12.5 Å². The Hall–Kier alpha value is -1.44. The third-order valence-electron chi connectivity index (χ3n) is 5.19. The maximum absolute atomic E-state index is 10.9. The van der Waals surface area contributed by atoms with Crippen molar-refractivity contribution in [2.24, 2.45) is 5.92 Å². The fourth-order valence-electron chi connectivity index (χ4n) is 3.93. The van der Waals surface area contributed by atoms with E-state index in [2.05, 4.69) is 6.92 Å². The molecule has 0 saturated heterocycles. The minimum Gasteiger partial charge on any atom is -0.507 e. The van der Waals surface area contributed by atoms with Crippen LogP contribution in [0.15, 0.2) is 23.7 Å². The monoisotopic (exact) mass is 319 g/mol. The van der Waals surface area contributed by atoms with Gasteiger partial charge in [0.1, 0.15) is 17.1 Å². The summed E-state index contributed by atoms with van der Waals surface area (Å²) in [6.07, 6.45) is 6.29. The first-order valence-electron chi connectivity index (χ1n) is 11.2. The smallest absolute Gasteiger partial charge is 0.127 e. The van der Waals surface area contributed by atoms with Crippen molar-refractivity contribution < 1.29 is 16.7 Å². The van der Waals surface area contributed by atoms with Crippen LogP contribution in [0.5, 0.6) is 11.5 Å². The Bertz CT molecular complexity index is 795. The molecule has 0 spiro atoms. The molecule has 0 bridgehead atoms. The lowest BCUT2D eigenvalue weighted by molar-refractivity contribution is 0.0107. The number of fused-ring (bicyclic) bond motifs is 3. The van der Waals surface area contributed by atoms with Crippen LogP contribution in [0.2, 0.25) is 0 Å². The van der Waals surface area contributed by atoms with Gasteiger partial charge in [-0.25, -0.2) is 0 Å². The van der Waals surface area contributed by atoms with Crippen LogP contribution in [0.4, 0.5) is 0 Å². The first kappa shape index (κ1) is 11.2. The molecule has 0 aromatic heterocycles. The molecule has 0 radical (unpaired) electrons. The first-order valence-corrected chi connectivity index (χ1v) is 8.74. The number of phenols is 1. The molecule has 23 heavy (non-hydrogen) atoms. The van der Waals surface area contributed by atoms with Gasteiger partial charge in [-0.2, -0.15) is 0 Å². The number of hydrogen-bond acceptors (Lipinski definition) is 2. The molecule has 2 aliphatic rings. The predicted molar refractivity (Wildman–Crippen MR) is 95.3 cm³/mol. The van der Waals surface area contributed by atoms with Crippen molar-refractivity contribution in [3.8, 4) is 11.5 Å². The number of benzene rings is 1. The van der Waals surface area contributed by atoms with Gasteiger partial charge in [0.25, 0.3) is 0 Å². The highest BCUT2D eigenvalue weighted by Crippen LogP contribution is 2.53. The quantitative estimate of drug-likeness (QED) is 0.567. The Balaban J connectivity index is 2.16. The Labute approximate surface area is 147 Å². The van der Waals surface area contributed by atoms with E-state index in [1.54, 1.807) is 6.08 Å². The molecule has 1 heterocycles. The van der Waals surface area contributed by atoms with Crippen molar-refractivity contribution in [1.82, 2.24) is 0 Å². The molecular formula is C21H30O2. The molecule has 1 aromatic rings. The lowest BCUT2D eigenvalue weighted by Crippen LogP contribution is -2.45. The average Bonchev–Trinajstić information content (AvgIpc) is 2.61. The summed E-state index contributed by atoms with van der Waals surface area (Å²) in [4.78, 5) is 0. The zero-order chi connectivity index (χ0) is 20.9. The van der Waals surface area contributed by atoms with E-state index in [4.69, 9.17) is 11.6 Å². The summed E-state index contributed by atoms with van der Waals surface area (Å²) in [6, 6.07) is 0.145. The maximum Gasteiger partial charge on any atom is 0.127 e. The van der Waals surface area contributed by atoms with Crippen LogP contribution >= 0.6 is 0 Å². The lowest BCUT2D eigenvalue weighted by atomic mass is 9.68. The summed E-state index contributed by atoms with van der Waals surface area (Å²) in [5, 5.41) is 10.9. The molecule has 3 rings (SSSR count). The highest BCUT2D eigenvalue weighted by Gasteiger charge is 2.45. The lowest BCUT2D eigenvalue weighted by Gasteiger charge is -2.46. The van der Waals surface area contributed by atoms with Crippen molar-refractivity contribution in [3.05, 3.63) is 34.9 Å². The van der Waals surface area contributed by atoms with Gasteiger partial charge < -0.3 is 9.84 Å². The van der Waals surface area contributed by atoms with E-state index in [1.165, 1.54) is 0 Å². The van der Waals surface area contributed by atoms with Gasteiger partial charge in [0, 0.05) is 21.5 Å². The molecule has 0 amide bonds. The van der Waals surface area contributed by atoms with Crippen molar-refractivity contribution in [3.63, 3.8) is 0 Å². The zero-order valence-electron chi connectivity index (χ0n) is 19.3. The topological polar surface area (TPSA) is 29.5 Å². The average molecular weight is 319 g/mol. The minimum absolute atomic E-state index is 0.0123. The summed E-state index contributed by atoms with van der Waals surface area (Å²) < 4.78 is 46.7. The van der Waals surface area contributed by atoms with Crippen LogP contribution in [0.3, 0.4) is 0 Å². The molecule has 2 nitrogen and oxygen atoms in total. The van der Waals surface area contributed by atoms with Crippen LogP contribution < -0.4 is 4.74 Å². The van der Waals surface area contributed by atoms with E-state index in [1.807, 2.05) is 13.8 Å². The number of ether oxygens (including phenoxy) is 1. The van der Waals surface area contributed by atoms with Crippen molar-refractivity contribution in [2.75, 3.05) is 0 Å². The first-order chi connectivity index (χ1) is 13.0. The molecule has 0 unspecified atom stereocenters. The fraction of sp³-hybridized carbons (Fsp3) is 0.619. The summed E-state index contributed by atoms with van der Waals surface area (Å²) in [5.41, 5.74) is 0.734. The molecule has 1 aromatic carbocycles. The Morgan fingerprint density at radius 3 is 2.96 bits per heavy atom. The van der Waals surface area contributed by atoms with Gasteiger partial charge >= 0.3 is 0 Å². The van der Waals surface area contributed by atoms with Gasteiger partial charge in [0.05, 0.1) is 2.74 Å². The second-order valence-electron chi connectivity index (χ2n) is 7.35. The molecule has 1 aliphatic carbocycles. The van der Waals surface area contributed by atoms with Gasteiger partial charge in [0.2, 0.25) is 0 Å². The van der Waals surface area contributed by atoms with E-state index in [0.29, 0.717) is 41.7 Å². The van der Waals surface area contributed by atoms with Gasteiger partial charge in [-0.1, -0.05) is 31.4 Å². The summed E-state index contributed by atoms with van der Waals surface area (Å²) >= 11 is 0. The normalized spacial score (nSPS) is 28.8. The number of hydrogen-bond donors (Lipinski definition) is 1. The van der Waals surface area contributed by atoms with Gasteiger partial charge in [0.15, 0.2) is 0 Å². The van der Waals surface area contributed by atoms with Crippen LogP contribution in [0.25, 0.3) is 0 Å². The molecule has 1 aliphatic heterocycles. The van der Waals surface area contributed by atoms with E-state index in [0.717, 1.165) is 19.3 Å².